The van der Waals surface area contributed by atoms with Gasteiger partial charge in [-0.25, -0.2) is 10.2 Å². The van der Waals surface area contributed by atoms with Gasteiger partial charge >= 0.3 is 5.63 Å². The Kier molecular flexibility index (Phi) is 4.73. The summed E-state index contributed by atoms with van der Waals surface area (Å²) in [6, 6.07) is 6.18. The molecule has 1 heterocycles. The number of amides is 1. The first kappa shape index (κ1) is 16.9. The van der Waals surface area contributed by atoms with Crippen molar-refractivity contribution in [3.63, 3.8) is 0 Å². The highest BCUT2D eigenvalue weighted by atomic mass is 16.6. The topological polar surface area (TPSA) is 135 Å². The summed E-state index contributed by atoms with van der Waals surface area (Å²) in [6.45, 7) is 2.92. The Balaban J connectivity index is 2.19. The third kappa shape index (κ3) is 3.64. The van der Waals surface area contributed by atoms with E-state index in [4.69, 9.17) is 4.42 Å². The molecule has 1 aromatic carbocycles. The smallest absolute Gasteiger partial charge is 0.348 e. The SMILES string of the molecule is CC(=NNC(=O)c1ccc([N+](=O)[O-])cc1)c1c(O)cc(C)oc1=O. The minimum absolute atomic E-state index is 0.0523. The minimum Gasteiger partial charge on any atom is -0.507 e. The average Bonchev–Trinajstić information content (AvgIpc) is 2.51. The molecule has 0 aliphatic rings. The summed E-state index contributed by atoms with van der Waals surface area (Å²) >= 11 is 0. The first-order valence-electron chi connectivity index (χ1n) is 6.72. The zero-order chi connectivity index (χ0) is 17.9. The van der Waals surface area contributed by atoms with Gasteiger partial charge in [-0.05, 0) is 26.0 Å². The molecule has 9 nitrogen and oxygen atoms in total. The number of nitrogens with one attached hydrogen (secondary N) is 1. The van der Waals surface area contributed by atoms with E-state index in [1.165, 1.54) is 44.2 Å². The van der Waals surface area contributed by atoms with Crippen molar-refractivity contribution in [2.24, 2.45) is 5.10 Å². The summed E-state index contributed by atoms with van der Waals surface area (Å²) in [4.78, 5) is 33.7. The quantitative estimate of drug-likeness (QED) is 0.497. The number of aromatic hydroxyl groups is 1. The van der Waals surface area contributed by atoms with Crippen LogP contribution in [-0.4, -0.2) is 21.6 Å². The van der Waals surface area contributed by atoms with Crippen LogP contribution in [0.15, 0.2) is 44.6 Å². The molecular formula is C15H13N3O6. The van der Waals surface area contributed by atoms with E-state index in [0.29, 0.717) is 0 Å². The zero-order valence-electron chi connectivity index (χ0n) is 12.8. The first-order chi connectivity index (χ1) is 11.3. The number of hydrogen-bond acceptors (Lipinski definition) is 7. The van der Waals surface area contributed by atoms with E-state index < -0.39 is 16.5 Å². The van der Waals surface area contributed by atoms with Crippen molar-refractivity contribution in [1.29, 1.82) is 0 Å². The molecule has 2 N–H and O–H groups in total. The molecule has 0 aliphatic heterocycles. The van der Waals surface area contributed by atoms with Crippen LogP contribution >= 0.6 is 0 Å². The number of nitro benzene ring substituents is 1. The fraction of sp³-hybridized carbons (Fsp3) is 0.133. The van der Waals surface area contributed by atoms with Crippen molar-refractivity contribution in [3.05, 3.63) is 67.8 Å². The number of carbonyl (C=O) groups excluding carboxylic acids is 1. The van der Waals surface area contributed by atoms with Gasteiger partial charge in [-0.15, -0.1) is 0 Å². The molecule has 2 rings (SSSR count). The van der Waals surface area contributed by atoms with Gasteiger partial charge in [-0.2, -0.15) is 5.10 Å². The van der Waals surface area contributed by atoms with E-state index in [9.17, 15) is 24.8 Å². The third-order valence-electron chi connectivity index (χ3n) is 3.08. The van der Waals surface area contributed by atoms with Crippen molar-refractivity contribution < 1.29 is 19.2 Å². The van der Waals surface area contributed by atoms with Gasteiger partial charge in [0.25, 0.3) is 11.6 Å². The Morgan fingerprint density at radius 3 is 2.50 bits per heavy atom. The number of rotatable bonds is 4. The molecule has 24 heavy (non-hydrogen) atoms. The number of carbonyl (C=O) groups is 1. The van der Waals surface area contributed by atoms with Crippen molar-refractivity contribution >= 4 is 17.3 Å². The summed E-state index contributed by atoms with van der Waals surface area (Å²) < 4.78 is 4.86. The Hall–Kier alpha value is -3.49. The monoisotopic (exact) mass is 331 g/mol. The highest BCUT2D eigenvalue weighted by molar-refractivity contribution is 6.02. The summed E-state index contributed by atoms with van der Waals surface area (Å²) in [5, 5.41) is 24.1. The second-order valence-corrected chi connectivity index (χ2v) is 4.85. The standard InChI is InChI=1S/C15H13N3O6/c1-8-7-12(19)13(15(21)24-8)9(2)16-17-14(20)10-3-5-11(6-4-10)18(22)23/h3-7,19H,1-2H3,(H,17,20). The molecule has 1 amide bonds. The van der Waals surface area contributed by atoms with E-state index >= 15 is 0 Å². The lowest BCUT2D eigenvalue weighted by molar-refractivity contribution is -0.384. The molecule has 0 saturated carbocycles. The molecule has 0 saturated heterocycles. The Morgan fingerprint density at radius 1 is 1.33 bits per heavy atom. The van der Waals surface area contributed by atoms with Crippen LogP contribution in [0.5, 0.6) is 5.75 Å². The normalized spacial score (nSPS) is 11.2. The van der Waals surface area contributed by atoms with Gasteiger partial charge in [0.2, 0.25) is 0 Å². The van der Waals surface area contributed by atoms with Crippen LogP contribution in [0.3, 0.4) is 0 Å². The van der Waals surface area contributed by atoms with E-state index in [0.717, 1.165) is 0 Å². The fourth-order valence-corrected chi connectivity index (χ4v) is 1.92. The van der Waals surface area contributed by atoms with E-state index in [-0.39, 0.29) is 34.0 Å². The first-order valence-corrected chi connectivity index (χ1v) is 6.72. The van der Waals surface area contributed by atoms with Gasteiger partial charge in [-0.3, -0.25) is 14.9 Å². The minimum atomic E-state index is -0.779. The molecule has 1 aromatic heterocycles. The number of nitro groups is 1. The third-order valence-corrected chi connectivity index (χ3v) is 3.08. The number of aryl methyl sites for hydroxylation is 1. The van der Waals surface area contributed by atoms with Crippen LogP contribution < -0.4 is 11.1 Å². The second kappa shape index (κ2) is 6.73. The van der Waals surface area contributed by atoms with Gasteiger partial charge in [0.15, 0.2) is 0 Å². The molecular weight excluding hydrogens is 318 g/mol. The molecule has 0 bridgehead atoms. The molecule has 2 aromatic rings. The molecule has 0 spiro atoms. The Labute approximate surface area is 135 Å². The van der Waals surface area contributed by atoms with Crippen LogP contribution in [0.4, 0.5) is 5.69 Å². The van der Waals surface area contributed by atoms with E-state index in [1.807, 2.05) is 0 Å². The Bertz CT molecular complexity index is 883. The van der Waals surface area contributed by atoms with Crippen LogP contribution in [-0.2, 0) is 0 Å². The molecule has 0 unspecified atom stereocenters. The van der Waals surface area contributed by atoms with Gasteiger partial charge in [0, 0.05) is 23.8 Å². The fourth-order valence-electron chi connectivity index (χ4n) is 1.92. The Morgan fingerprint density at radius 2 is 1.96 bits per heavy atom. The summed E-state index contributed by atoms with van der Waals surface area (Å²) in [5.41, 5.74) is 1.32. The van der Waals surface area contributed by atoms with Crippen molar-refractivity contribution in [2.75, 3.05) is 0 Å². The molecule has 0 fully saturated rings. The van der Waals surface area contributed by atoms with Crippen molar-refractivity contribution in [1.82, 2.24) is 5.43 Å². The largest absolute Gasteiger partial charge is 0.507 e. The summed E-state index contributed by atoms with van der Waals surface area (Å²) in [6.07, 6.45) is 0. The van der Waals surface area contributed by atoms with Crippen LogP contribution in [0, 0.1) is 17.0 Å². The number of non-ortho nitro benzene ring substituents is 1. The van der Waals surface area contributed by atoms with Gasteiger partial charge in [-0.1, -0.05) is 0 Å². The highest BCUT2D eigenvalue weighted by Gasteiger charge is 2.14. The van der Waals surface area contributed by atoms with Crippen molar-refractivity contribution in [3.8, 4) is 5.75 Å². The number of nitrogens with zero attached hydrogens (tertiary/aromatic N) is 2. The lowest BCUT2D eigenvalue weighted by atomic mass is 10.2. The molecule has 0 aliphatic carbocycles. The number of hydrogen-bond donors (Lipinski definition) is 2. The lowest BCUT2D eigenvalue weighted by Crippen LogP contribution is -2.21. The second-order valence-electron chi connectivity index (χ2n) is 4.85. The van der Waals surface area contributed by atoms with E-state index in [1.54, 1.807) is 0 Å². The van der Waals surface area contributed by atoms with Gasteiger partial charge in [0.05, 0.1) is 10.6 Å². The van der Waals surface area contributed by atoms with Crippen LogP contribution in [0.25, 0.3) is 0 Å². The van der Waals surface area contributed by atoms with Crippen LogP contribution in [0.2, 0.25) is 0 Å². The predicted molar refractivity (Wildman–Crippen MR) is 84.2 cm³/mol. The molecule has 0 atom stereocenters. The summed E-state index contributed by atoms with van der Waals surface area (Å²) in [5.74, 6) is -0.696. The highest BCUT2D eigenvalue weighted by Crippen LogP contribution is 2.15. The van der Waals surface area contributed by atoms with Crippen molar-refractivity contribution in [2.45, 2.75) is 13.8 Å². The molecule has 9 heteroatoms. The van der Waals surface area contributed by atoms with Gasteiger partial charge < -0.3 is 9.52 Å². The predicted octanol–water partition coefficient (Wildman–Crippen LogP) is 1.72. The van der Waals surface area contributed by atoms with Gasteiger partial charge in [0.1, 0.15) is 17.1 Å². The summed E-state index contributed by atoms with van der Waals surface area (Å²) in [7, 11) is 0. The maximum atomic E-state index is 11.9. The lowest BCUT2D eigenvalue weighted by Gasteiger charge is -2.04. The molecule has 0 radical (unpaired) electrons. The van der Waals surface area contributed by atoms with Crippen LogP contribution in [0.1, 0.15) is 28.6 Å². The van der Waals surface area contributed by atoms with E-state index in [2.05, 4.69) is 10.5 Å². The maximum absolute atomic E-state index is 11.9. The average molecular weight is 331 g/mol. The molecule has 124 valence electrons. The maximum Gasteiger partial charge on any atom is 0.348 e. The number of hydrazone groups is 1. The number of benzene rings is 1. The zero-order valence-corrected chi connectivity index (χ0v) is 12.8.